The van der Waals surface area contributed by atoms with Crippen molar-refractivity contribution in [3.05, 3.63) is 34.1 Å². The van der Waals surface area contributed by atoms with Crippen molar-refractivity contribution in [1.29, 1.82) is 5.26 Å². The van der Waals surface area contributed by atoms with E-state index in [1.54, 1.807) is 22.8 Å². The van der Waals surface area contributed by atoms with Crippen LogP contribution in [0.25, 0.3) is 0 Å². The molecule has 0 N–H and O–H groups in total. The van der Waals surface area contributed by atoms with Crippen LogP contribution >= 0.6 is 11.3 Å². The van der Waals surface area contributed by atoms with E-state index < -0.39 is 0 Å². The first-order valence-electron chi connectivity index (χ1n) is 7.06. The van der Waals surface area contributed by atoms with Crippen LogP contribution in [-0.2, 0) is 0 Å². The number of urea groups is 1. The highest BCUT2D eigenvalue weighted by molar-refractivity contribution is 7.16. The molecular formula is C15H15FN4OS. The number of nitrogens with zero attached hydrogens (tertiary/aromatic N) is 4. The fourth-order valence-corrected chi connectivity index (χ4v) is 3.42. The number of anilines is 1. The Bertz CT molecular complexity index is 716. The molecule has 2 aliphatic rings. The average molecular weight is 318 g/mol. The van der Waals surface area contributed by atoms with Gasteiger partial charge in [-0.3, -0.25) is 4.90 Å². The highest BCUT2D eigenvalue weighted by atomic mass is 32.1. The summed E-state index contributed by atoms with van der Waals surface area (Å²) in [6, 6.07) is 1.99. The lowest BCUT2D eigenvalue weighted by Gasteiger charge is -2.19. The maximum Gasteiger partial charge on any atom is 0.326 e. The first-order chi connectivity index (χ1) is 10.6. The SMILES string of the molecule is Cc1nc(N2CCN(CC3=CC=C(F)CC3)C2=O)sc1C#N. The second-order valence-corrected chi connectivity index (χ2v) is 6.29. The maximum atomic E-state index is 13.0. The Labute approximate surface area is 132 Å². The molecular weight excluding hydrogens is 303 g/mol. The smallest absolute Gasteiger partial charge is 0.318 e. The van der Waals surface area contributed by atoms with Gasteiger partial charge in [0, 0.05) is 26.1 Å². The Morgan fingerprint density at radius 2 is 2.23 bits per heavy atom. The highest BCUT2D eigenvalue weighted by Gasteiger charge is 2.32. The molecule has 0 atom stereocenters. The van der Waals surface area contributed by atoms with Crippen molar-refractivity contribution >= 4 is 22.5 Å². The van der Waals surface area contributed by atoms with E-state index in [9.17, 15) is 9.18 Å². The summed E-state index contributed by atoms with van der Waals surface area (Å²) < 4.78 is 13.0. The van der Waals surface area contributed by atoms with Crippen LogP contribution in [0.5, 0.6) is 0 Å². The molecule has 0 spiro atoms. The zero-order valence-electron chi connectivity index (χ0n) is 12.2. The molecule has 2 heterocycles. The predicted octanol–water partition coefficient (Wildman–Crippen LogP) is 3.14. The molecule has 1 aromatic rings. The zero-order chi connectivity index (χ0) is 15.7. The Balaban J connectivity index is 1.71. The predicted molar refractivity (Wildman–Crippen MR) is 82.4 cm³/mol. The van der Waals surface area contributed by atoms with Crippen molar-refractivity contribution in [2.75, 3.05) is 24.5 Å². The van der Waals surface area contributed by atoms with Gasteiger partial charge in [0.1, 0.15) is 16.8 Å². The molecule has 1 aliphatic carbocycles. The summed E-state index contributed by atoms with van der Waals surface area (Å²) in [5.41, 5.74) is 1.72. The number of carbonyl (C=O) groups is 1. The van der Waals surface area contributed by atoms with Crippen LogP contribution < -0.4 is 4.90 Å². The molecule has 0 unspecified atom stereocenters. The van der Waals surface area contributed by atoms with E-state index >= 15 is 0 Å². The van der Waals surface area contributed by atoms with Crippen LogP contribution in [0.4, 0.5) is 14.3 Å². The third-order valence-corrected chi connectivity index (χ3v) is 4.88. The lowest BCUT2D eigenvalue weighted by molar-refractivity contribution is 0.224. The van der Waals surface area contributed by atoms with E-state index in [1.807, 2.05) is 0 Å². The van der Waals surface area contributed by atoms with Gasteiger partial charge in [-0.05, 0) is 19.4 Å². The summed E-state index contributed by atoms with van der Waals surface area (Å²) in [6.45, 7) is 3.47. The Morgan fingerprint density at radius 3 is 2.86 bits per heavy atom. The van der Waals surface area contributed by atoms with Crippen molar-refractivity contribution in [3.63, 3.8) is 0 Å². The molecule has 0 bridgehead atoms. The fraction of sp³-hybridized carbons (Fsp3) is 0.400. The van der Waals surface area contributed by atoms with Gasteiger partial charge in [0.2, 0.25) is 0 Å². The van der Waals surface area contributed by atoms with Crippen molar-refractivity contribution in [2.45, 2.75) is 19.8 Å². The van der Waals surface area contributed by atoms with E-state index in [4.69, 9.17) is 5.26 Å². The fourth-order valence-electron chi connectivity index (χ4n) is 2.54. The maximum absolute atomic E-state index is 13.0. The number of nitriles is 1. The van der Waals surface area contributed by atoms with Crippen molar-refractivity contribution in [2.24, 2.45) is 0 Å². The molecule has 22 heavy (non-hydrogen) atoms. The van der Waals surface area contributed by atoms with Gasteiger partial charge in [0.05, 0.1) is 5.69 Å². The van der Waals surface area contributed by atoms with Crippen LogP contribution in [-0.4, -0.2) is 35.5 Å². The number of thiazole rings is 1. The highest BCUT2D eigenvalue weighted by Crippen LogP contribution is 2.29. The van der Waals surface area contributed by atoms with Crippen LogP contribution in [0.15, 0.2) is 23.6 Å². The number of hydrogen-bond donors (Lipinski definition) is 0. The van der Waals surface area contributed by atoms with E-state index in [1.165, 1.54) is 17.4 Å². The van der Waals surface area contributed by atoms with Gasteiger partial charge in [-0.25, -0.2) is 14.2 Å². The number of halogens is 1. The van der Waals surface area contributed by atoms with Gasteiger partial charge < -0.3 is 4.90 Å². The lowest BCUT2D eigenvalue weighted by atomic mass is 10.0. The lowest BCUT2D eigenvalue weighted by Crippen LogP contribution is -2.33. The standard InChI is InChI=1S/C15H15FN4OS/c1-10-13(8-17)22-14(18-10)20-7-6-19(15(20)21)9-11-2-4-12(16)5-3-11/h2,4H,3,5-7,9H2,1H3. The molecule has 0 aromatic carbocycles. The van der Waals surface area contributed by atoms with E-state index in [-0.39, 0.29) is 11.9 Å². The molecule has 5 nitrogen and oxygen atoms in total. The van der Waals surface area contributed by atoms with Crippen LogP contribution in [0.2, 0.25) is 0 Å². The topological polar surface area (TPSA) is 60.2 Å². The zero-order valence-corrected chi connectivity index (χ0v) is 13.0. The van der Waals surface area contributed by atoms with Crippen molar-refractivity contribution in [3.8, 4) is 6.07 Å². The van der Waals surface area contributed by atoms with Gasteiger partial charge >= 0.3 is 6.03 Å². The second kappa shape index (κ2) is 5.89. The average Bonchev–Trinajstić information content (AvgIpc) is 3.05. The number of hydrogen-bond acceptors (Lipinski definition) is 4. The number of aromatic nitrogens is 1. The monoisotopic (exact) mass is 318 g/mol. The molecule has 1 aliphatic heterocycles. The number of rotatable bonds is 3. The number of allylic oxidation sites excluding steroid dienone is 3. The molecule has 0 radical (unpaired) electrons. The van der Waals surface area contributed by atoms with Crippen LogP contribution in [0, 0.1) is 18.3 Å². The van der Waals surface area contributed by atoms with Gasteiger partial charge in [0.15, 0.2) is 5.13 Å². The van der Waals surface area contributed by atoms with Crippen molar-refractivity contribution < 1.29 is 9.18 Å². The first kappa shape index (κ1) is 14.7. The number of amides is 2. The third-order valence-electron chi connectivity index (χ3n) is 3.79. The molecule has 0 saturated carbocycles. The summed E-state index contributed by atoms with van der Waals surface area (Å²) in [6.07, 6.45) is 4.30. The molecule has 1 saturated heterocycles. The summed E-state index contributed by atoms with van der Waals surface area (Å²) in [5, 5.41) is 9.57. The second-order valence-electron chi connectivity index (χ2n) is 5.32. The van der Waals surface area contributed by atoms with E-state index in [0.717, 1.165) is 5.57 Å². The Hall–Kier alpha value is -2.20. The molecule has 114 valence electrons. The van der Waals surface area contributed by atoms with Gasteiger partial charge in [-0.15, -0.1) is 0 Å². The normalized spacial score (nSPS) is 18.3. The summed E-state index contributed by atoms with van der Waals surface area (Å²) in [5.74, 6) is -0.111. The molecule has 7 heteroatoms. The summed E-state index contributed by atoms with van der Waals surface area (Å²) in [7, 11) is 0. The third kappa shape index (κ3) is 2.74. The largest absolute Gasteiger partial charge is 0.326 e. The van der Waals surface area contributed by atoms with Crippen molar-refractivity contribution in [1.82, 2.24) is 9.88 Å². The van der Waals surface area contributed by atoms with Gasteiger partial charge in [0.25, 0.3) is 0 Å². The number of carbonyl (C=O) groups excluding carboxylic acids is 1. The Morgan fingerprint density at radius 1 is 1.41 bits per heavy atom. The quantitative estimate of drug-likeness (QED) is 0.860. The number of aryl methyl sites for hydroxylation is 1. The Kier molecular flexibility index (Phi) is 3.94. The minimum Gasteiger partial charge on any atom is -0.318 e. The van der Waals surface area contributed by atoms with E-state index in [0.29, 0.717) is 48.2 Å². The molecule has 1 fully saturated rings. The molecule has 1 aromatic heterocycles. The van der Waals surface area contributed by atoms with E-state index in [2.05, 4.69) is 11.1 Å². The van der Waals surface area contributed by atoms with Gasteiger partial charge in [-0.1, -0.05) is 23.0 Å². The minimum absolute atomic E-state index is 0.103. The van der Waals surface area contributed by atoms with Crippen LogP contribution in [0.1, 0.15) is 23.4 Å². The molecule has 3 rings (SSSR count). The minimum atomic E-state index is -0.111. The summed E-state index contributed by atoms with van der Waals surface area (Å²) >= 11 is 1.24. The first-order valence-corrected chi connectivity index (χ1v) is 7.88. The van der Waals surface area contributed by atoms with Gasteiger partial charge in [-0.2, -0.15) is 5.26 Å². The summed E-state index contributed by atoms with van der Waals surface area (Å²) in [4.78, 5) is 20.7. The molecule has 2 amide bonds. The van der Waals surface area contributed by atoms with Crippen LogP contribution in [0.3, 0.4) is 0 Å².